The van der Waals surface area contributed by atoms with E-state index in [4.69, 9.17) is 4.98 Å². The normalized spacial score (nSPS) is 11.4. The maximum atomic E-state index is 14.2. The third kappa shape index (κ3) is 8.85. The standard InChI is InChI=1S/C25H30N.C22H16OP.Ir/c1-16(2)11-20-7-9-25-22(23(20)12-17(3)4)8-10-24(26-25)21-14-18(5)13-19(6)15-21;23-24(20-11-3-1-4-12-20,21-13-5-2-6-14-21)22-16-15-18-9-7-8-10-19(18)17-22;/h7-10,13-14,16-17H,11-12H2,1-6H3;1-15,17H;/q2*-1;. The van der Waals surface area contributed by atoms with Gasteiger partial charge in [0.1, 0.15) is 7.14 Å². The zero-order valence-corrected chi connectivity index (χ0v) is 33.7. The minimum absolute atomic E-state index is 0. The molecular formula is C47H46IrNOP-2. The molecule has 0 amide bonds. The smallest absolute Gasteiger partial charge is 0.147 e. The van der Waals surface area contributed by atoms with Crippen LogP contribution < -0.4 is 15.9 Å². The largest absolute Gasteiger partial charge is 0.311 e. The van der Waals surface area contributed by atoms with Crippen molar-refractivity contribution in [3.8, 4) is 11.3 Å². The zero-order valence-electron chi connectivity index (χ0n) is 30.4. The summed E-state index contributed by atoms with van der Waals surface area (Å²) >= 11 is 0. The van der Waals surface area contributed by atoms with Gasteiger partial charge in [0.15, 0.2) is 0 Å². The molecule has 0 unspecified atom stereocenters. The summed E-state index contributed by atoms with van der Waals surface area (Å²) < 4.78 is 14.2. The molecule has 261 valence electrons. The Bertz CT molecular complexity index is 2210. The van der Waals surface area contributed by atoms with Crippen LogP contribution in [-0.4, -0.2) is 4.98 Å². The SMILES string of the molecule is Cc1[c-]c(-c2ccc3c(CC(C)C)c(CC(C)C)ccc3n2)cc(C)c1.O=P(c1[c-]cc2ccccc2c1)(c1ccccc1)c1ccccc1.[Ir]. The molecular weight excluding hydrogens is 818 g/mol. The number of nitrogens with zero attached hydrogens (tertiary/aromatic N) is 1. The Labute approximate surface area is 318 Å². The molecule has 0 fully saturated rings. The van der Waals surface area contributed by atoms with Crippen LogP contribution in [0.15, 0.2) is 133 Å². The van der Waals surface area contributed by atoms with Gasteiger partial charge in [-0.2, -0.15) is 18.2 Å². The fraction of sp³-hybridized carbons (Fsp3) is 0.213. The summed E-state index contributed by atoms with van der Waals surface area (Å²) in [6.07, 6.45) is 2.24. The molecule has 0 spiro atoms. The van der Waals surface area contributed by atoms with E-state index < -0.39 is 7.14 Å². The van der Waals surface area contributed by atoms with Crippen molar-refractivity contribution in [3.05, 3.63) is 168 Å². The van der Waals surface area contributed by atoms with Gasteiger partial charge < -0.3 is 4.57 Å². The van der Waals surface area contributed by atoms with Gasteiger partial charge in [-0.05, 0) is 47.6 Å². The van der Waals surface area contributed by atoms with E-state index in [1.54, 1.807) is 0 Å². The van der Waals surface area contributed by atoms with Crippen molar-refractivity contribution in [2.24, 2.45) is 11.8 Å². The molecule has 7 rings (SSSR count). The number of rotatable bonds is 8. The van der Waals surface area contributed by atoms with Crippen molar-refractivity contribution < 1.29 is 24.7 Å². The predicted molar refractivity (Wildman–Crippen MR) is 215 cm³/mol. The van der Waals surface area contributed by atoms with E-state index >= 15 is 0 Å². The Morgan fingerprint density at radius 1 is 0.667 bits per heavy atom. The molecule has 1 aromatic heterocycles. The van der Waals surface area contributed by atoms with Crippen molar-refractivity contribution in [1.82, 2.24) is 4.98 Å². The van der Waals surface area contributed by atoms with Crippen molar-refractivity contribution in [3.63, 3.8) is 0 Å². The van der Waals surface area contributed by atoms with Crippen LogP contribution in [0.4, 0.5) is 0 Å². The second-order valence-corrected chi connectivity index (χ2v) is 16.9. The third-order valence-electron chi connectivity index (χ3n) is 8.99. The molecule has 6 aromatic carbocycles. The quantitative estimate of drug-likeness (QED) is 0.113. The molecule has 51 heavy (non-hydrogen) atoms. The fourth-order valence-corrected chi connectivity index (χ4v) is 9.38. The van der Waals surface area contributed by atoms with Crippen LogP contribution in [0.2, 0.25) is 0 Å². The summed E-state index contributed by atoms with van der Waals surface area (Å²) in [6, 6.07) is 51.4. The van der Waals surface area contributed by atoms with Crippen LogP contribution in [0.1, 0.15) is 49.9 Å². The summed E-state index contributed by atoms with van der Waals surface area (Å²) in [5, 5.41) is 5.92. The van der Waals surface area contributed by atoms with Gasteiger partial charge in [0.2, 0.25) is 0 Å². The molecule has 7 aromatic rings. The summed E-state index contributed by atoms with van der Waals surface area (Å²) in [5.74, 6) is 1.30. The maximum absolute atomic E-state index is 14.2. The second kappa shape index (κ2) is 16.9. The number of pyridine rings is 1. The van der Waals surface area contributed by atoms with Crippen LogP contribution in [0.5, 0.6) is 0 Å². The second-order valence-electron chi connectivity index (χ2n) is 14.1. The van der Waals surface area contributed by atoms with E-state index in [0.29, 0.717) is 11.8 Å². The van der Waals surface area contributed by atoms with E-state index in [9.17, 15) is 4.57 Å². The number of aromatic nitrogens is 1. The first-order valence-corrected chi connectivity index (χ1v) is 19.4. The van der Waals surface area contributed by atoms with Crippen molar-refractivity contribution in [2.45, 2.75) is 54.4 Å². The number of fused-ring (bicyclic) bond motifs is 2. The monoisotopic (exact) mass is 864 g/mol. The summed E-state index contributed by atoms with van der Waals surface area (Å²) in [7, 11) is -2.94. The Balaban J connectivity index is 0.000000194. The van der Waals surface area contributed by atoms with Gasteiger partial charge in [0.05, 0.1) is 5.52 Å². The van der Waals surface area contributed by atoms with Gasteiger partial charge in [0.25, 0.3) is 0 Å². The Morgan fingerprint density at radius 2 is 1.27 bits per heavy atom. The summed E-state index contributed by atoms with van der Waals surface area (Å²) in [6.45, 7) is 13.4. The molecule has 0 aliphatic rings. The first kappa shape index (κ1) is 38.1. The molecule has 0 atom stereocenters. The molecule has 0 saturated heterocycles. The molecule has 0 saturated carbocycles. The molecule has 1 radical (unpaired) electrons. The molecule has 4 heteroatoms. The minimum atomic E-state index is -2.94. The minimum Gasteiger partial charge on any atom is -0.311 e. The molecule has 0 N–H and O–H groups in total. The molecule has 2 nitrogen and oxygen atoms in total. The number of hydrogen-bond acceptors (Lipinski definition) is 2. The Kier molecular flexibility index (Phi) is 12.6. The van der Waals surface area contributed by atoms with E-state index in [0.717, 1.165) is 61.9 Å². The van der Waals surface area contributed by atoms with Gasteiger partial charge in [-0.25, -0.2) is 0 Å². The van der Waals surface area contributed by atoms with Crippen LogP contribution >= 0.6 is 7.14 Å². The molecule has 1 heterocycles. The molecule has 0 bridgehead atoms. The topological polar surface area (TPSA) is 30.0 Å². The van der Waals surface area contributed by atoms with Gasteiger partial charge in [-0.1, -0.05) is 144 Å². The van der Waals surface area contributed by atoms with Crippen LogP contribution in [0, 0.1) is 37.8 Å². The van der Waals surface area contributed by atoms with E-state index in [1.165, 1.54) is 22.1 Å². The van der Waals surface area contributed by atoms with Gasteiger partial charge in [-0.3, -0.25) is 4.98 Å². The van der Waals surface area contributed by atoms with E-state index in [2.05, 4.69) is 90.1 Å². The van der Waals surface area contributed by atoms with E-state index in [-0.39, 0.29) is 20.1 Å². The van der Waals surface area contributed by atoms with Crippen molar-refractivity contribution in [2.75, 3.05) is 0 Å². The average molecular weight is 864 g/mol. The average Bonchev–Trinajstić information content (AvgIpc) is 3.12. The Morgan fingerprint density at radius 3 is 1.88 bits per heavy atom. The number of hydrogen-bond donors (Lipinski definition) is 0. The maximum Gasteiger partial charge on any atom is 0.147 e. The number of benzene rings is 6. The van der Waals surface area contributed by atoms with E-state index in [1.807, 2.05) is 97.1 Å². The number of aryl methyl sites for hydroxylation is 2. The van der Waals surface area contributed by atoms with Crippen molar-refractivity contribution in [1.29, 1.82) is 0 Å². The summed E-state index contributed by atoms with van der Waals surface area (Å²) in [5.41, 5.74) is 8.57. The van der Waals surface area contributed by atoms with Crippen LogP contribution in [0.3, 0.4) is 0 Å². The summed E-state index contributed by atoms with van der Waals surface area (Å²) in [4.78, 5) is 4.98. The molecule has 0 aliphatic heterocycles. The molecule has 0 aliphatic carbocycles. The van der Waals surface area contributed by atoms with Crippen LogP contribution in [0.25, 0.3) is 32.9 Å². The third-order valence-corrected chi connectivity index (χ3v) is 12.0. The zero-order chi connectivity index (χ0) is 35.3. The fourth-order valence-electron chi connectivity index (χ4n) is 6.77. The first-order valence-electron chi connectivity index (χ1n) is 17.7. The Hall–Kier alpha value is -4.13. The predicted octanol–water partition coefficient (Wildman–Crippen LogP) is 11.0. The van der Waals surface area contributed by atoms with Gasteiger partial charge >= 0.3 is 0 Å². The van der Waals surface area contributed by atoms with Gasteiger partial charge in [0, 0.05) is 36.1 Å². The van der Waals surface area contributed by atoms with Crippen LogP contribution in [-0.2, 0) is 37.5 Å². The van der Waals surface area contributed by atoms with Crippen molar-refractivity contribution >= 4 is 44.7 Å². The first-order chi connectivity index (χ1) is 24.1. The van der Waals surface area contributed by atoms with Gasteiger partial charge in [-0.15, -0.1) is 51.7 Å².